The number of fused-ring (bicyclic) bond motifs is 1. The normalized spacial score (nSPS) is 12.3. The zero-order valence-electron chi connectivity index (χ0n) is 17.8. The lowest BCUT2D eigenvalue weighted by molar-refractivity contribution is -0.122. The summed E-state index contributed by atoms with van der Waals surface area (Å²) in [6.45, 7) is 8.90. The molecule has 3 heterocycles. The number of carbonyl (C=O) groups excluding carboxylic acids is 1. The van der Waals surface area contributed by atoms with Crippen LogP contribution in [0.1, 0.15) is 36.8 Å². The van der Waals surface area contributed by atoms with Crippen LogP contribution in [0, 0.1) is 13.8 Å². The minimum Gasteiger partial charge on any atom is -0.346 e. The number of carbonyl (C=O) groups is 1. The Bertz CT molecular complexity index is 1210. The lowest BCUT2D eigenvalue weighted by atomic mass is 10.0. The van der Waals surface area contributed by atoms with Crippen molar-refractivity contribution in [3.8, 4) is 11.1 Å². The Morgan fingerprint density at radius 3 is 2.73 bits per heavy atom. The van der Waals surface area contributed by atoms with Gasteiger partial charge in [0.25, 0.3) is 0 Å². The van der Waals surface area contributed by atoms with Crippen molar-refractivity contribution in [3.63, 3.8) is 0 Å². The summed E-state index contributed by atoms with van der Waals surface area (Å²) in [6, 6.07) is 12.2. The third-order valence-corrected chi connectivity index (χ3v) is 5.30. The summed E-state index contributed by atoms with van der Waals surface area (Å²) in [5, 5.41) is 12.9. The zero-order chi connectivity index (χ0) is 21.3. The molecule has 0 bridgehead atoms. The number of benzene rings is 1. The van der Waals surface area contributed by atoms with E-state index in [1.165, 1.54) is 5.56 Å². The summed E-state index contributed by atoms with van der Waals surface area (Å²) in [4.78, 5) is 17.3. The van der Waals surface area contributed by atoms with Crippen LogP contribution in [0.5, 0.6) is 0 Å². The Kier molecular flexibility index (Phi) is 5.35. The molecule has 1 N–H and O–H groups in total. The summed E-state index contributed by atoms with van der Waals surface area (Å²) >= 11 is 0. The SMILES string of the molecule is CCn1nccc1C(C)NC(=O)Cn1nc(C)c2c(-c3cccc(C)c3)ccnc21. The molecular weight excluding hydrogens is 376 g/mol. The van der Waals surface area contributed by atoms with Gasteiger partial charge >= 0.3 is 0 Å². The zero-order valence-corrected chi connectivity index (χ0v) is 17.8. The van der Waals surface area contributed by atoms with E-state index in [1.54, 1.807) is 17.1 Å². The molecule has 30 heavy (non-hydrogen) atoms. The average molecular weight is 403 g/mol. The Morgan fingerprint density at radius 2 is 1.97 bits per heavy atom. The van der Waals surface area contributed by atoms with Crippen molar-refractivity contribution in [2.75, 3.05) is 0 Å². The van der Waals surface area contributed by atoms with Gasteiger partial charge in [-0.25, -0.2) is 9.67 Å². The number of aryl methyl sites for hydroxylation is 3. The quantitative estimate of drug-likeness (QED) is 0.532. The maximum absolute atomic E-state index is 12.7. The molecule has 7 nitrogen and oxygen atoms in total. The van der Waals surface area contributed by atoms with Crippen LogP contribution < -0.4 is 5.32 Å². The highest BCUT2D eigenvalue weighted by Crippen LogP contribution is 2.30. The van der Waals surface area contributed by atoms with Crippen LogP contribution in [0.25, 0.3) is 22.2 Å². The topological polar surface area (TPSA) is 77.6 Å². The highest BCUT2D eigenvalue weighted by Gasteiger charge is 2.18. The number of nitrogens with zero attached hydrogens (tertiary/aromatic N) is 5. The molecule has 0 saturated heterocycles. The van der Waals surface area contributed by atoms with E-state index < -0.39 is 0 Å². The third kappa shape index (κ3) is 3.70. The van der Waals surface area contributed by atoms with E-state index in [1.807, 2.05) is 43.7 Å². The molecule has 3 aromatic heterocycles. The second-order valence-corrected chi connectivity index (χ2v) is 7.53. The van der Waals surface area contributed by atoms with Crippen molar-refractivity contribution in [2.24, 2.45) is 0 Å². The lowest BCUT2D eigenvalue weighted by Gasteiger charge is -2.15. The van der Waals surface area contributed by atoms with Crippen LogP contribution in [0.3, 0.4) is 0 Å². The van der Waals surface area contributed by atoms with E-state index >= 15 is 0 Å². The third-order valence-electron chi connectivity index (χ3n) is 5.30. The monoisotopic (exact) mass is 402 g/mol. The number of hydrogen-bond acceptors (Lipinski definition) is 4. The smallest absolute Gasteiger partial charge is 0.242 e. The highest BCUT2D eigenvalue weighted by atomic mass is 16.2. The lowest BCUT2D eigenvalue weighted by Crippen LogP contribution is -2.31. The van der Waals surface area contributed by atoms with Crippen LogP contribution >= 0.6 is 0 Å². The van der Waals surface area contributed by atoms with Gasteiger partial charge < -0.3 is 5.32 Å². The van der Waals surface area contributed by atoms with Crippen LogP contribution in [0.2, 0.25) is 0 Å². The number of rotatable bonds is 6. The fourth-order valence-corrected chi connectivity index (χ4v) is 3.92. The molecule has 1 unspecified atom stereocenters. The molecule has 1 atom stereocenters. The van der Waals surface area contributed by atoms with Crippen molar-refractivity contribution >= 4 is 16.9 Å². The number of pyridine rings is 1. The van der Waals surface area contributed by atoms with E-state index in [-0.39, 0.29) is 18.5 Å². The summed E-state index contributed by atoms with van der Waals surface area (Å²) in [5.41, 5.74) is 5.95. The molecule has 0 fully saturated rings. The first-order chi connectivity index (χ1) is 14.5. The standard InChI is InChI=1S/C23H26N6O/c1-5-28-20(10-12-25-28)16(3)26-21(30)14-29-23-22(17(4)27-29)19(9-11-24-23)18-8-6-7-15(2)13-18/h6-13,16H,5,14H2,1-4H3,(H,26,30). The molecule has 0 saturated carbocycles. The molecule has 1 amide bonds. The second-order valence-electron chi connectivity index (χ2n) is 7.53. The molecular formula is C23H26N6O. The molecule has 0 aliphatic rings. The summed E-state index contributed by atoms with van der Waals surface area (Å²) < 4.78 is 3.57. The molecule has 0 spiro atoms. The average Bonchev–Trinajstić information content (AvgIpc) is 3.33. The van der Waals surface area contributed by atoms with Gasteiger partial charge in [-0.1, -0.05) is 29.8 Å². The van der Waals surface area contributed by atoms with Gasteiger partial charge in [-0.3, -0.25) is 9.48 Å². The summed E-state index contributed by atoms with van der Waals surface area (Å²) in [7, 11) is 0. The predicted molar refractivity (Wildman–Crippen MR) is 117 cm³/mol. The summed E-state index contributed by atoms with van der Waals surface area (Å²) in [6.07, 6.45) is 3.53. The Morgan fingerprint density at radius 1 is 1.13 bits per heavy atom. The first kappa shape index (κ1) is 19.8. The highest BCUT2D eigenvalue weighted by molar-refractivity contribution is 5.95. The van der Waals surface area contributed by atoms with Crippen molar-refractivity contribution in [3.05, 3.63) is 65.7 Å². The molecule has 4 aromatic rings. The minimum atomic E-state index is -0.140. The fourth-order valence-electron chi connectivity index (χ4n) is 3.92. The number of nitrogens with one attached hydrogen (secondary N) is 1. The van der Waals surface area contributed by atoms with E-state index in [9.17, 15) is 4.79 Å². The fraction of sp³-hybridized carbons (Fsp3) is 0.304. The Balaban J connectivity index is 1.61. The minimum absolute atomic E-state index is 0.110. The van der Waals surface area contributed by atoms with Crippen molar-refractivity contribution in [1.82, 2.24) is 29.9 Å². The number of aromatic nitrogens is 5. The van der Waals surface area contributed by atoms with Gasteiger partial charge in [0.15, 0.2) is 5.65 Å². The van der Waals surface area contributed by atoms with Crippen LogP contribution in [0.15, 0.2) is 48.8 Å². The van der Waals surface area contributed by atoms with Gasteiger partial charge in [-0.2, -0.15) is 10.2 Å². The Hall–Kier alpha value is -3.48. The molecule has 0 aliphatic heterocycles. The van der Waals surface area contributed by atoms with Gasteiger partial charge in [-0.15, -0.1) is 0 Å². The first-order valence-electron chi connectivity index (χ1n) is 10.2. The van der Waals surface area contributed by atoms with Crippen molar-refractivity contribution in [1.29, 1.82) is 0 Å². The first-order valence-corrected chi connectivity index (χ1v) is 10.2. The van der Waals surface area contributed by atoms with Gasteiger partial charge in [0.1, 0.15) is 6.54 Å². The van der Waals surface area contributed by atoms with E-state index in [2.05, 4.69) is 45.6 Å². The molecule has 7 heteroatoms. The molecule has 0 radical (unpaired) electrons. The molecule has 4 rings (SSSR count). The largest absolute Gasteiger partial charge is 0.346 e. The molecule has 0 aliphatic carbocycles. The molecule has 1 aromatic carbocycles. The van der Waals surface area contributed by atoms with Crippen molar-refractivity contribution in [2.45, 2.75) is 46.8 Å². The van der Waals surface area contributed by atoms with Gasteiger partial charge in [0.2, 0.25) is 5.91 Å². The van der Waals surface area contributed by atoms with Gasteiger partial charge in [-0.05, 0) is 51.0 Å². The van der Waals surface area contributed by atoms with E-state index in [4.69, 9.17) is 0 Å². The predicted octanol–water partition coefficient (Wildman–Crippen LogP) is 3.81. The van der Waals surface area contributed by atoms with E-state index in [0.717, 1.165) is 34.4 Å². The Labute approximate surface area is 175 Å². The van der Waals surface area contributed by atoms with Gasteiger partial charge in [0.05, 0.1) is 17.4 Å². The molecule has 154 valence electrons. The van der Waals surface area contributed by atoms with Crippen LogP contribution in [0.4, 0.5) is 0 Å². The number of amides is 1. The van der Waals surface area contributed by atoms with Crippen molar-refractivity contribution < 1.29 is 4.79 Å². The number of hydrogen-bond donors (Lipinski definition) is 1. The summed E-state index contributed by atoms with van der Waals surface area (Å²) in [5.74, 6) is -0.112. The maximum atomic E-state index is 12.7. The maximum Gasteiger partial charge on any atom is 0.242 e. The second kappa shape index (κ2) is 8.10. The van der Waals surface area contributed by atoms with Crippen LogP contribution in [-0.2, 0) is 17.9 Å². The van der Waals surface area contributed by atoms with Gasteiger partial charge in [0, 0.05) is 24.3 Å². The van der Waals surface area contributed by atoms with Crippen LogP contribution in [-0.4, -0.2) is 30.5 Å². The van der Waals surface area contributed by atoms with E-state index in [0.29, 0.717) is 5.65 Å².